The van der Waals surface area contributed by atoms with Gasteiger partial charge in [0.2, 0.25) is 0 Å². The Morgan fingerprint density at radius 3 is 2.44 bits per heavy atom. The van der Waals surface area contributed by atoms with E-state index in [0.29, 0.717) is 24.1 Å². The standard InChI is InChI=1S/C34H33ClN4O3S/c1-19-6-9-24(10-7-19)43-18-22-13-25(21(3)12-20(22)2)31-26(17-36)33(37)38(28-14-23(39(41)42)8-11-27(28)35)29-15-34(4,5)16-30(40)32(29)31/h6-14,31H,15-16,18,37H2,1-5H3. The number of hydrogen-bond donors (Lipinski definition) is 1. The highest BCUT2D eigenvalue weighted by atomic mass is 35.5. The van der Waals surface area contributed by atoms with Gasteiger partial charge in [0.15, 0.2) is 5.78 Å². The van der Waals surface area contributed by atoms with Crippen LogP contribution in [0, 0.1) is 47.6 Å². The van der Waals surface area contributed by atoms with E-state index >= 15 is 0 Å². The molecule has 5 rings (SSSR count). The van der Waals surface area contributed by atoms with Crippen LogP contribution in [-0.2, 0) is 10.5 Å². The number of aryl methyl sites for hydroxylation is 3. The van der Waals surface area contributed by atoms with Crippen LogP contribution in [0.25, 0.3) is 0 Å². The average Bonchev–Trinajstić information content (AvgIpc) is 2.93. The molecule has 0 aromatic heterocycles. The Bertz CT molecular complexity index is 1770. The number of nitrogens with zero attached hydrogens (tertiary/aromatic N) is 3. The van der Waals surface area contributed by atoms with E-state index in [4.69, 9.17) is 17.3 Å². The molecule has 0 radical (unpaired) electrons. The molecule has 2 N–H and O–H groups in total. The number of hydrogen-bond acceptors (Lipinski definition) is 7. The molecule has 1 aliphatic heterocycles. The number of carbonyl (C=O) groups excluding carboxylic acids is 1. The van der Waals surface area contributed by atoms with E-state index in [1.807, 2.05) is 20.8 Å². The van der Waals surface area contributed by atoms with Crippen molar-refractivity contribution in [1.29, 1.82) is 5.26 Å². The van der Waals surface area contributed by atoms with E-state index in [2.05, 4.69) is 56.3 Å². The van der Waals surface area contributed by atoms with Gasteiger partial charge in [0, 0.05) is 40.5 Å². The molecule has 1 atom stereocenters. The summed E-state index contributed by atoms with van der Waals surface area (Å²) in [5.74, 6) is 0.104. The Hall–Kier alpha value is -4.06. The molecule has 1 heterocycles. The number of anilines is 1. The van der Waals surface area contributed by atoms with Gasteiger partial charge in [0.05, 0.1) is 33.2 Å². The fraction of sp³-hybridized carbons (Fsp3) is 0.294. The van der Waals surface area contributed by atoms with E-state index in [9.17, 15) is 20.2 Å². The van der Waals surface area contributed by atoms with Crippen LogP contribution >= 0.6 is 23.4 Å². The lowest BCUT2D eigenvalue weighted by atomic mass is 9.68. The molecule has 0 saturated heterocycles. The summed E-state index contributed by atoms with van der Waals surface area (Å²) in [6.45, 7) is 10.1. The van der Waals surface area contributed by atoms with Crippen LogP contribution < -0.4 is 10.6 Å². The quantitative estimate of drug-likeness (QED) is 0.169. The molecule has 2 aliphatic rings. The Morgan fingerprint density at radius 1 is 1.09 bits per heavy atom. The van der Waals surface area contributed by atoms with Gasteiger partial charge in [0.1, 0.15) is 5.82 Å². The summed E-state index contributed by atoms with van der Waals surface area (Å²) in [4.78, 5) is 27.9. The van der Waals surface area contributed by atoms with E-state index in [0.717, 1.165) is 32.9 Å². The smallest absolute Gasteiger partial charge is 0.271 e. The van der Waals surface area contributed by atoms with Gasteiger partial charge in [-0.15, -0.1) is 11.8 Å². The van der Waals surface area contributed by atoms with Gasteiger partial charge in [-0.2, -0.15) is 5.26 Å². The van der Waals surface area contributed by atoms with Crippen molar-refractivity contribution in [3.63, 3.8) is 0 Å². The number of thioether (sulfide) groups is 1. The maximum absolute atomic E-state index is 14.0. The van der Waals surface area contributed by atoms with Gasteiger partial charge in [0.25, 0.3) is 5.69 Å². The van der Waals surface area contributed by atoms with E-state index < -0.39 is 16.3 Å². The number of nitro benzene ring substituents is 1. The Balaban J connectivity index is 1.69. The third-order valence-electron chi connectivity index (χ3n) is 8.21. The first-order valence-electron chi connectivity index (χ1n) is 14.0. The van der Waals surface area contributed by atoms with Crippen molar-refractivity contribution in [3.8, 4) is 6.07 Å². The number of nitrogens with two attached hydrogens (primary N) is 1. The van der Waals surface area contributed by atoms with Crippen LogP contribution in [-0.4, -0.2) is 10.7 Å². The number of rotatable bonds is 6. The molecule has 220 valence electrons. The lowest BCUT2D eigenvalue weighted by molar-refractivity contribution is -0.384. The van der Waals surface area contributed by atoms with Crippen LogP contribution in [0.1, 0.15) is 60.4 Å². The summed E-state index contributed by atoms with van der Waals surface area (Å²) in [7, 11) is 0. The fourth-order valence-electron chi connectivity index (χ4n) is 6.06. The maximum atomic E-state index is 14.0. The molecule has 7 nitrogen and oxygen atoms in total. The van der Waals surface area contributed by atoms with Crippen molar-refractivity contribution in [1.82, 2.24) is 0 Å². The van der Waals surface area contributed by atoms with Gasteiger partial charge in [-0.1, -0.05) is 55.3 Å². The largest absolute Gasteiger partial charge is 0.384 e. The predicted molar refractivity (Wildman–Crippen MR) is 172 cm³/mol. The van der Waals surface area contributed by atoms with Crippen molar-refractivity contribution in [2.45, 2.75) is 64.0 Å². The van der Waals surface area contributed by atoms with Crippen molar-refractivity contribution < 1.29 is 9.72 Å². The van der Waals surface area contributed by atoms with E-state index in [-0.39, 0.29) is 33.6 Å². The SMILES string of the molecule is Cc1ccc(SCc2cc(C3C(C#N)=C(N)N(c4cc([N+](=O)[O-])ccc4Cl)C4=C3C(=O)CC(C)(C)C4)c(C)cc2C)cc1. The molecule has 43 heavy (non-hydrogen) atoms. The van der Waals surface area contributed by atoms with Gasteiger partial charge < -0.3 is 5.73 Å². The summed E-state index contributed by atoms with van der Waals surface area (Å²) in [5.41, 5.74) is 13.1. The second-order valence-corrected chi connectivity index (χ2v) is 13.6. The number of Topliss-reactive ketones (excluding diaryl/α,β-unsaturated/α-hetero) is 1. The third kappa shape index (κ3) is 5.80. The summed E-state index contributed by atoms with van der Waals surface area (Å²) >= 11 is 8.34. The van der Waals surface area contributed by atoms with Crippen LogP contribution in [0.2, 0.25) is 5.02 Å². The highest BCUT2D eigenvalue weighted by molar-refractivity contribution is 7.98. The minimum Gasteiger partial charge on any atom is -0.384 e. The number of nitriles is 1. The average molecular weight is 613 g/mol. The lowest BCUT2D eigenvalue weighted by Gasteiger charge is -2.44. The van der Waals surface area contributed by atoms with Crippen LogP contribution in [0.15, 0.2) is 82.2 Å². The van der Waals surface area contributed by atoms with Crippen molar-refractivity contribution in [3.05, 3.63) is 120 Å². The Morgan fingerprint density at radius 2 is 1.79 bits per heavy atom. The van der Waals surface area contributed by atoms with Gasteiger partial charge >= 0.3 is 0 Å². The number of nitro groups is 1. The molecule has 0 spiro atoms. The minimum atomic E-state index is -0.666. The summed E-state index contributed by atoms with van der Waals surface area (Å²) in [5, 5.41) is 22.4. The summed E-state index contributed by atoms with van der Waals surface area (Å²) in [6.07, 6.45) is 0.780. The molecule has 0 fully saturated rings. The number of ketones is 1. The second kappa shape index (κ2) is 11.6. The molecule has 0 bridgehead atoms. The van der Waals surface area contributed by atoms with Crippen molar-refractivity contribution in [2.75, 3.05) is 4.90 Å². The molecular formula is C34H33ClN4O3S. The van der Waals surface area contributed by atoms with Gasteiger partial charge in [-0.3, -0.25) is 19.8 Å². The second-order valence-electron chi connectivity index (χ2n) is 12.1. The fourth-order valence-corrected chi connectivity index (χ4v) is 7.22. The summed E-state index contributed by atoms with van der Waals surface area (Å²) in [6, 6.07) is 19.0. The monoisotopic (exact) mass is 612 g/mol. The minimum absolute atomic E-state index is 0.0707. The lowest BCUT2D eigenvalue weighted by Crippen LogP contribution is -2.42. The zero-order valence-corrected chi connectivity index (χ0v) is 26.4. The number of halogens is 1. The molecule has 0 amide bonds. The van der Waals surface area contributed by atoms with Crippen molar-refractivity contribution >= 4 is 40.5 Å². The highest BCUT2D eigenvalue weighted by Gasteiger charge is 2.45. The van der Waals surface area contributed by atoms with Gasteiger partial charge in [-0.05, 0) is 73.1 Å². The van der Waals surface area contributed by atoms with Crippen LogP contribution in [0.3, 0.4) is 0 Å². The molecule has 3 aromatic rings. The van der Waals surface area contributed by atoms with Crippen LogP contribution in [0.4, 0.5) is 11.4 Å². The zero-order chi connectivity index (χ0) is 31.2. The first kappa shape index (κ1) is 30.4. The van der Waals surface area contributed by atoms with Crippen molar-refractivity contribution in [2.24, 2.45) is 11.1 Å². The topological polar surface area (TPSA) is 113 Å². The first-order chi connectivity index (χ1) is 20.3. The molecule has 0 saturated carbocycles. The molecule has 3 aromatic carbocycles. The predicted octanol–water partition coefficient (Wildman–Crippen LogP) is 8.41. The number of carbonyl (C=O) groups is 1. The maximum Gasteiger partial charge on any atom is 0.271 e. The molecule has 1 aliphatic carbocycles. The highest BCUT2D eigenvalue weighted by Crippen LogP contribution is 2.52. The molecule has 9 heteroatoms. The molecule has 1 unspecified atom stereocenters. The normalized spacial score (nSPS) is 18.0. The molecular weight excluding hydrogens is 580 g/mol. The third-order valence-corrected chi connectivity index (χ3v) is 9.59. The number of allylic oxidation sites excluding steroid dienone is 3. The Kier molecular flexibility index (Phi) is 8.17. The van der Waals surface area contributed by atoms with Gasteiger partial charge in [-0.25, -0.2) is 0 Å². The number of benzene rings is 3. The number of non-ortho nitro benzene ring substituents is 1. The zero-order valence-electron chi connectivity index (χ0n) is 24.8. The van der Waals surface area contributed by atoms with Crippen LogP contribution in [0.5, 0.6) is 0 Å². The Labute approximate surface area is 261 Å². The van der Waals surface area contributed by atoms with E-state index in [1.54, 1.807) is 16.7 Å². The van der Waals surface area contributed by atoms with E-state index in [1.165, 1.54) is 23.8 Å². The first-order valence-corrected chi connectivity index (χ1v) is 15.4. The summed E-state index contributed by atoms with van der Waals surface area (Å²) < 4.78 is 0.